The summed E-state index contributed by atoms with van der Waals surface area (Å²) in [5, 5.41) is 34.1. The van der Waals surface area contributed by atoms with E-state index in [2.05, 4.69) is 15.6 Å². The second-order valence-corrected chi connectivity index (χ2v) is 7.17. The molecule has 0 radical (unpaired) electrons. The summed E-state index contributed by atoms with van der Waals surface area (Å²) in [7, 11) is 0. The Morgan fingerprint density at radius 2 is 1.82 bits per heavy atom. The van der Waals surface area contributed by atoms with Gasteiger partial charge < -0.3 is 42.2 Å². The lowest BCUT2D eigenvalue weighted by Crippen LogP contribution is -2.60. The van der Waals surface area contributed by atoms with Gasteiger partial charge in [0.1, 0.15) is 24.1 Å². The quantitative estimate of drug-likeness (QED) is 0.126. The molecule has 1 aliphatic rings. The van der Waals surface area contributed by atoms with Crippen LogP contribution in [0.1, 0.15) is 12.5 Å². The van der Waals surface area contributed by atoms with Gasteiger partial charge >= 0.3 is 0 Å². The van der Waals surface area contributed by atoms with Crippen molar-refractivity contribution in [2.24, 2.45) is 16.5 Å². The van der Waals surface area contributed by atoms with Crippen LogP contribution in [-0.2, 0) is 20.9 Å². The summed E-state index contributed by atoms with van der Waals surface area (Å²) in [5.41, 5.74) is 10.5. The van der Waals surface area contributed by atoms with E-state index in [1.165, 1.54) is 0 Å². The molecule has 0 saturated heterocycles. The van der Waals surface area contributed by atoms with Gasteiger partial charge in [0.25, 0.3) is 5.91 Å². The lowest BCUT2D eigenvalue weighted by Gasteiger charge is -2.39. The lowest BCUT2D eigenvalue weighted by molar-refractivity contribution is -0.134. The topological polar surface area (TPSA) is 193 Å². The van der Waals surface area contributed by atoms with E-state index in [-0.39, 0.29) is 5.56 Å². The first-order valence-corrected chi connectivity index (χ1v) is 9.57. The Balaban J connectivity index is 2.34. The molecule has 2 rings (SSSR count). The lowest BCUT2D eigenvalue weighted by atomic mass is 9.92. The Morgan fingerprint density at radius 1 is 1.18 bits per heavy atom. The minimum absolute atomic E-state index is 0.322. The van der Waals surface area contributed by atoms with Gasteiger partial charge in [0.15, 0.2) is 23.4 Å². The fraction of sp³-hybridized carbons (Fsp3) is 0.421. The summed E-state index contributed by atoms with van der Waals surface area (Å²) in [4.78, 5) is 28.2. The molecule has 11 nitrogen and oxygen atoms in total. The van der Waals surface area contributed by atoms with E-state index in [0.717, 1.165) is 13.0 Å². The zero-order valence-corrected chi connectivity index (χ0v) is 17.3. The largest absolute Gasteiger partial charge is 0.480 e. The Hall–Kier alpha value is -3.36. The number of rotatable bonds is 8. The molecule has 0 spiro atoms. The predicted molar refractivity (Wildman–Crippen MR) is 107 cm³/mol. The van der Waals surface area contributed by atoms with E-state index in [0.29, 0.717) is 12.1 Å². The zero-order valence-electron chi connectivity index (χ0n) is 17.3. The molecule has 1 aliphatic heterocycles. The highest BCUT2D eigenvalue weighted by Crippen LogP contribution is 2.25. The number of nitrogens with zero attached hydrogens (tertiary/aromatic N) is 1. The van der Waals surface area contributed by atoms with E-state index in [1.807, 2.05) is 0 Å². The van der Waals surface area contributed by atoms with Crippen molar-refractivity contribution in [1.82, 2.24) is 10.6 Å². The smallest absolute Gasteiger partial charge is 0.286 e. The van der Waals surface area contributed by atoms with E-state index >= 15 is 0 Å². The van der Waals surface area contributed by atoms with Gasteiger partial charge in [0.05, 0.1) is 18.7 Å². The molecule has 0 bridgehead atoms. The highest BCUT2D eigenvalue weighted by Gasteiger charge is 2.43. The second kappa shape index (κ2) is 11.0. The first-order chi connectivity index (χ1) is 15.4. The van der Waals surface area contributed by atoms with E-state index < -0.39 is 84.5 Å². The van der Waals surface area contributed by atoms with Gasteiger partial charge in [-0.3, -0.25) is 9.59 Å². The molecule has 0 saturated carbocycles. The third-order valence-electron chi connectivity index (χ3n) is 4.65. The number of hydrogen-bond donors (Lipinski definition) is 7. The van der Waals surface area contributed by atoms with Crippen LogP contribution in [0, 0.1) is 17.5 Å². The normalized spacial score (nSPS) is 21.8. The Morgan fingerprint density at radius 3 is 2.39 bits per heavy atom. The molecule has 2 amide bonds. The summed E-state index contributed by atoms with van der Waals surface area (Å²) >= 11 is 0. The van der Waals surface area contributed by atoms with Crippen molar-refractivity contribution < 1.29 is 42.8 Å². The van der Waals surface area contributed by atoms with Crippen LogP contribution < -0.4 is 22.1 Å². The van der Waals surface area contributed by atoms with Crippen LogP contribution in [0.5, 0.6) is 0 Å². The monoisotopic (exact) mass is 475 g/mol. The summed E-state index contributed by atoms with van der Waals surface area (Å²) < 4.78 is 45.7. The van der Waals surface area contributed by atoms with Crippen molar-refractivity contribution in [2.45, 2.75) is 43.9 Å². The van der Waals surface area contributed by atoms with Crippen LogP contribution in [-0.4, -0.2) is 70.1 Å². The predicted octanol–water partition coefficient (Wildman–Crippen LogP) is -2.14. The number of nitrogens with one attached hydrogen (secondary N) is 2. The van der Waals surface area contributed by atoms with Gasteiger partial charge in [-0.05, 0) is 12.1 Å². The van der Waals surface area contributed by atoms with Crippen molar-refractivity contribution in [3.63, 3.8) is 0 Å². The Labute approximate surface area is 185 Å². The third-order valence-corrected chi connectivity index (χ3v) is 4.65. The van der Waals surface area contributed by atoms with Crippen LogP contribution in [0.15, 0.2) is 29.0 Å². The molecule has 33 heavy (non-hydrogen) atoms. The Kier molecular flexibility index (Phi) is 8.62. The number of nitrogens with two attached hydrogens (primary N) is 2. The number of aliphatic hydroxyl groups is 3. The van der Waals surface area contributed by atoms with E-state index in [4.69, 9.17) is 21.3 Å². The number of carbonyl (C=O) groups excluding carboxylic acids is 2. The van der Waals surface area contributed by atoms with E-state index in [1.54, 1.807) is 0 Å². The SMILES string of the molecule is CC(=O)N[C@H]1[C@H]([C@H](O)[C@H](O)CO)OC(C(=O)NCc2cc(F)c(F)cc2F)=C[C@@H]1N=C(N)N. The van der Waals surface area contributed by atoms with Crippen molar-refractivity contribution in [3.05, 3.63) is 47.0 Å². The number of hydrogen-bond acceptors (Lipinski definition) is 7. The van der Waals surface area contributed by atoms with Crippen LogP contribution in [0.2, 0.25) is 0 Å². The summed E-state index contributed by atoms with van der Waals surface area (Å²) in [6, 6.07) is -1.43. The highest BCUT2D eigenvalue weighted by atomic mass is 19.2. The molecule has 182 valence electrons. The average molecular weight is 475 g/mol. The van der Waals surface area contributed by atoms with Gasteiger partial charge in [0, 0.05) is 25.1 Å². The third kappa shape index (κ3) is 6.57. The molecule has 0 unspecified atom stereocenters. The maximum atomic E-state index is 13.8. The van der Waals surface area contributed by atoms with Gasteiger partial charge in [-0.25, -0.2) is 18.2 Å². The maximum Gasteiger partial charge on any atom is 0.286 e. The molecule has 1 heterocycles. The summed E-state index contributed by atoms with van der Waals surface area (Å²) in [6.07, 6.45) is -3.92. The number of amides is 2. The van der Waals surface area contributed by atoms with Gasteiger partial charge in [-0.2, -0.15) is 0 Å². The summed E-state index contributed by atoms with van der Waals surface area (Å²) in [5.74, 6) is -6.30. The number of halogens is 3. The van der Waals surface area contributed by atoms with Crippen molar-refractivity contribution in [1.29, 1.82) is 0 Å². The molecule has 9 N–H and O–H groups in total. The fourth-order valence-electron chi connectivity index (χ4n) is 3.10. The number of carbonyl (C=O) groups is 2. The number of aliphatic hydroxyl groups excluding tert-OH is 3. The second-order valence-electron chi connectivity index (χ2n) is 7.17. The van der Waals surface area contributed by atoms with Gasteiger partial charge in [0.2, 0.25) is 5.91 Å². The first-order valence-electron chi connectivity index (χ1n) is 9.57. The first kappa shape index (κ1) is 25.9. The minimum Gasteiger partial charge on any atom is -0.480 e. The number of aliphatic imine (C=N–C) groups is 1. The fourth-order valence-corrected chi connectivity index (χ4v) is 3.10. The van der Waals surface area contributed by atoms with Gasteiger partial charge in [-0.1, -0.05) is 0 Å². The highest BCUT2D eigenvalue weighted by molar-refractivity contribution is 5.92. The summed E-state index contributed by atoms with van der Waals surface area (Å²) in [6.45, 7) is -0.278. The minimum atomic E-state index is -1.80. The van der Waals surface area contributed by atoms with Crippen molar-refractivity contribution in [2.75, 3.05) is 6.61 Å². The average Bonchev–Trinajstić information content (AvgIpc) is 2.74. The van der Waals surface area contributed by atoms with Crippen molar-refractivity contribution >= 4 is 17.8 Å². The maximum absolute atomic E-state index is 13.8. The standard InChI is InChI=1S/C19H24F3N5O6/c1-7(29)26-15-12(27-19(23)24)4-14(33-17(15)16(31)13(30)6-28)18(32)25-5-8-2-10(21)11(22)3-9(8)20/h2-4,12-13,15-17,28,30-31H,5-6H2,1H3,(H,25,32)(H,26,29)(H4,23,24,27)/t12-,13+,15+,16+,17+/m0/s1. The molecular formula is C19H24F3N5O6. The van der Waals surface area contributed by atoms with Crippen molar-refractivity contribution in [3.8, 4) is 0 Å². The number of guanidine groups is 1. The van der Waals surface area contributed by atoms with Crippen LogP contribution >= 0.6 is 0 Å². The molecule has 0 aliphatic carbocycles. The molecule has 1 aromatic rings. The molecule has 5 atom stereocenters. The molecule has 14 heteroatoms. The molecular weight excluding hydrogens is 451 g/mol. The van der Waals surface area contributed by atoms with E-state index in [9.17, 15) is 33.0 Å². The van der Waals surface area contributed by atoms with Crippen LogP contribution in [0.4, 0.5) is 13.2 Å². The number of benzene rings is 1. The number of ether oxygens (including phenoxy) is 1. The van der Waals surface area contributed by atoms with Gasteiger partial charge in [-0.15, -0.1) is 0 Å². The zero-order chi connectivity index (χ0) is 24.9. The molecule has 0 fully saturated rings. The molecule has 0 aromatic heterocycles. The van der Waals surface area contributed by atoms with Crippen LogP contribution in [0.3, 0.4) is 0 Å². The van der Waals surface area contributed by atoms with Crippen LogP contribution in [0.25, 0.3) is 0 Å². The molecule has 1 aromatic carbocycles. The Bertz CT molecular complexity index is 956.